The van der Waals surface area contributed by atoms with Gasteiger partial charge in [0, 0.05) is 0 Å². The Bertz CT molecular complexity index is 368. The van der Waals surface area contributed by atoms with Crippen LogP contribution < -0.4 is 0 Å². The molecule has 0 aliphatic rings. The smallest absolute Gasteiger partial charge is 0.318 e. The average Bonchev–Trinajstić information content (AvgIpc) is 2.82. The summed E-state index contributed by atoms with van der Waals surface area (Å²) in [5, 5.41) is 3.88. The van der Waals surface area contributed by atoms with Crippen molar-refractivity contribution in [3.63, 3.8) is 0 Å². The molecule has 1 aromatic heterocycles. The van der Waals surface area contributed by atoms with Crippen molar-refractivity contribution >= 4 is 17.7 Å². The van der Waals surface area contributed by atoms with Crippen molar-refractivity contribution in [3.05, 3.63) is 11.7 Å². The Hall–Kier alpha value is -1.04. The van der Waals surface area contributed by atoms with Gasteiger partial charge in [0.15, 0.2) is 5.82 Å². The normalized spacial score (nSPS) is 12.4. The molecule has 1 unspecified atom stereocenters. The number of hydrogen-bond acceptors (Lipinski definition) is 6. The number of hydrogen-bond donors (Lipinski definition) is 0. The molecule has 0 spiro atoms. The molecule has 0 saturated heterocycles. The molecule has 6 heteroatoms. The van der Waals surface area contributed by atoms with Gasteiger partial charge in [-0.15, -0.1) is 0 Å². The van der Waals surface area contributed by atoms with Gasteiger partial charge in [-0.1, -0.05) is 25.4 Å². The third kappa shape index (κ3) is 4.33. The Labute approximate surface area is 112 Å². The molecule has 1 aromatic rings. The van der Waals surface area contributed by atoms with Gasteiger partial charge in [-0.25, -0.2) is 0 Å². The monoisotopic (exact) mass is 272 g/mol. The number of carbonyl (C=O) groups excluding carboxylic acids is 1. The number of nitrogens with zero attached hydrogens (tertiary/aromatic N) is 2. The fraction of sp³-hybridized carbons (Fsp3) is 0.750. The molecule has 102 valence electrons. The van der Waals surface area contributed by atoms with E-state index < -0.39 is 5.92 Å². The predicted octanol–water partition coefficient (Wildman–Crippen LogP) is 2.77. The maximum Gasteiger partial charge on any atom is 0.318 e. The zero-order valence-corrected chi connectivity index (χ0v) is 12.0. The number of ether oxygens (including phenoxy) is 1. The molecular weight excluding hydrogens is 252 g/mol. The minimum Gasteiger partial charge on any atom is -0.465 e. The second-order valence-corrected chi connectivity index (χ2v) is 5.05. The van der Waals surface area contributed by atoms with E-state index in [0.717, 1.165) is 12.2 Å². The van der Waals surface area contributed by atoms with Gasteiger partial charge < -0.3 is 9.26 Å². The number of esters is 1. The second-order valence-electron chi connectivity index (χ2n) is 3.78. The van der Waals surface area contributed by atoms with Gasteiger partial charge in [0.25, 0.3) is 0 Å². The molecule has 1 rings (SSSR count). The third-order valence-corrected chi connectivity index (χ3v) is 3.24. The molecule has 0 radical (unpaired) electrons. The lowest BCUT2D eigenvalue weighted by Gasteiger charge is -2.09. The van der Waals surface area contributed by atoms with Crippen LogP contribution in [-0.2, 0) is 15.3 Å². The Morgan fingerprint density at radius 2 is 2.22 bits per heavy atom. The lowest BCUT2D eigenvalue weighted by molar-refractivity contribution is -0.145. The minimum atomic E-state index is -0.428. The van der Waals surface area contributed by atoms with Crippen molar-refractivity contribution in [1.29, 1.82) is 0 Å². The molecule has 18 heavy (non-hydrogen) atoms. The molecule has 0 bridgehead atoms. The Morgan fingerprint density at radius 3 is 2.83 bits per heavy atom. The Kier molecular flexibility index (Phi) is 6.78. The Balaban J connectivity index is 2.72. The molecule has 1 heterocycles. The minimum absolute atomic E-state index is 0.280. The van der Waals surface area contributed by atoms with Crippen molar-refractivity contribution < 1.29 is 14.1 Å². The van der Waals surface area contributed by atoms with E-state index in [1.165, 1.54) is 0 Å². The van der Waals surface area contributed by atoms with E-state index in [-0.39, 0.29) is 5.97 Å². The van der Waals surface area contributed by atoms with Gasteiger partial charge in [0.05, 0.1) is 12.4 Å². The van der Waals surface area contributed by atoms with Crippen LogP contribution in [0.4, 0.5) is 0 Å². The maximum absolute atomic E-state index is 11.8. The van der Waals surface area contributed by atoms with E-state index in [4.69, 9.17) is 9.26 Å². The first-order valence-corrected chi connectivity index (χ1v) is 7.45. The fourth-order valence-corrected chi connectivity index (χ4v) is 2.04. The lowest BCUT2D eigenvalue weighted by atomic mass is 10.0. The van der Waals surface area contributed by atoms with Crippen LogP contribution >= 0.6 is 11.8 Å². The summed E-state index contributed by atoms with van der Waals surface area (Å²) in [6.45, 7) is 6.24. The van der Waals surface area contributed by atoms with Crippen molar-refractivity contribution in [2.75, 3.05) is 12.4 Å². The first-order chi connectivity index (χ1) is 8.72. The first kappa shape index (κ1) is 15.0. The van der Waals surface area contributed by atoms with Gasteiger partial charge >= 0.3 is 5.97 Å². The highest BCUT2D eigenvalue weighted by molar-refractivity contribution is 7.98. The summed E-state index contributed by atoms with van der Waals surface area (Å²) in [5.74, 6) is 2.02. The van der Waals surface area contributed by atoms with Gasteiger partial charge in [0.2, 0.25) is 5.89 Å². The molecule has 0 amide bonds. The van der Waals surface area contributed by atoms with Crippen molar-refractivity contribution in [3.8, 4) is 0 Å². The van der Waals surface area contributed by atoms with E-state index in [9.17, 15) is 4.79 Å². The van der Waals surface area contributed by atoms with Crippen LogP contribution in [0, 0.1) is 0 Å². The fourth-order valence-electron chi connectivity index (χ4n) is 1.53. The van der Waals surface area contributed by atoms with Crippen LogP contribution in [0.25, 0.3) is 0 Å². The molecule has 0 fully saturated rings. The summed E-state index contributed by atoms with van der Waals surface area (Å²) in [5.41, 5.74) is 0. The van der Waals surface area contributed by atoms with Gasteiger partial charge in [0.1, 0.15) is 5.92 Å². The third-order valence-electron chi connectivity index (χ3n) is 2.37. The summed E-state index contributed by atoms with van der Waals surface area (Å²) in [6, 6.07) is 0. The summed E-state index contributed by atoms with van der Waals surface area (Å²) in [7, 11) is 0. The zero-order chi connectivity index (χ0) is 13.4. The topological polar surface area (TPSA) is 65.2 Å². The average molecular weight is 272 g/mol. The van der Waals surface area contributed by atoms with E-state index in [2.05, 4.69) is 17.1 Å². The molecule has 1 atom stereocenters. The first-order valence-electron chi connectivity index (χ1n) is 6.29. The van der Waals surface area contributed by atoms with Crippen LogP contribution in [0.15, 0.2) is 4.52 Å². The number of carbonyl (C=O) groups is 1. The van der Waals surface area contributed by atoms with Crippen molar-refractivity contribution in [2.24, 2.45) is 0 Å². The predicted molar refractivity (Wildman–Crippen MR) is 70.4 cm³/mol. The molecule has 0 N–H and O–H groups in total. The summed E-state index contributed by atoms with van der Waals surface area (Å²) >= 11 is 1.72. The maximum atomic E-state index is 11.8. The summed E-state index contributed by atoms with van der Waals surface area (Å²) in [6.07, 6.45) is 1.53. The second kappa shape index (κ2) is 8.13. The van der Waals surface area contributed by atoms with Crippen LogP contribution in [0.3, 0.4) is 0 Å². The number of thioether (sulfide) groups is 1. The molecule has 0 aliphatic heterocycles. The number of aromatic nitrogens is 2. The SMILES string of the molecule is CCCC(C(=O)OCC)c1nc(CSCC)no1. The highest BCUT2D eigenvalue weighted by Crippen LogP contribution is 2.22. The quantitative estimate of drug-likeness (QED) is 0.678. The lowest BCUT2D eigenvalue weighted by Crippen LogP contribution is -2.16. The largest absolute Gasteiger partial charge is 0.465 e. The van der Waals surface area contributed by atoms with E-state index in [0.29, 0.717) is 30.5 Å². The standard InChI is InChI=1S/C12H20N2O3S/c1-4-7-9(12(15)16-5-2)11-13-10(14-17-11)8-18-6-3/h9H,4-8H2,1-3H3. The molecule has 0 aliphatic carbocycles. The molecule has 0 saturated carbocycles. The van der Waals surface area contributed by atoms with Crippen LogP contribution in [0.5, 0.6) is 0 Å². The van der Waals surface area contributed by atoms with Crippen LogP contribution in [0.2, 0.25) is 0 Å². The van der Waals surface area contributed by atoms with Crippen molar-refractivity contribution in [1.82, 2.24) is 10.1 Å². The van der Waals surface area contributed by atoms with Crippen LogP contribution in [-0.4, -0.2) is 28.5 Å². The molecule has 5 nitrogen and oxygen atoms in total. The highest BCUT2D eigenvalue weighted by atomic mass is 32.2. The van der Waals surface area contributed by atoms with Crippen molar-refractivity contribution in [2.45, 2.75) is 45.3 Å². The highest BCUT2D eigenvalue weighted by Gasteiger charge is 2.27. The van der Waals surface area contributed by atoms with E-state index in [1.54, 1.807) is 18.7 Å². The van der Waals surface area contributed by atoms with E-state index >= 15 is 0 Å². The van der Waals surface area contributed by atoms with Gasteiger partial charge in [-0.2, -0.15) is 16.7 Å². The van der Waals surface area contributed by atoms with Gasteiger partial charge in [-0.05, 0) is 19.1 Å². The summed E-state index contributed by atoms with van der Waals surface area (Å²) in [4.78, 5) is 16.1. The molecular formula is C12H20N2O3S. The zero-order valence-electron chi connectivity index (χ0n) is 11.1. The van der Waals surface area contributed by atoms with E-state index in [1.807, 2.05) is 6.92 Å². The van der Waals surface area contributed by atoms with Crippen LogP contribution in [0.1, 0.15) is 51.2 Å². The number of rotatable bonds is 8. The Morgan fingerprint density at radius 1 is 1.44 bits per heavy atom. The van der Waals surface area contributed by atoms with Gasteiger partial charge in [-0.3, -0.25) is 4.79 Å². The summed E-state index contributed by atoms with van der Waals surface area (Å²) < 4.78 is 10.2. The molecule has 0 aromatic carbocycles.